The first-order valence-corrected chi connectivity index (χ1v) is 10.2. The topological polar surface area (TPSA) is 101 Å². The zero-order chi connectivity index (χ0) is 22.4. The number of piperazine rings is 1. The molecular formula is C21H26FN5O4. The molecule has 1 aromatic carbocycles. The number of carbonyl (C=O) groups excluding carboxylic acids is 1. The van der Waals surface area contributed by atoms with Crippen LogP contribution in [0.3, 0.4) is 0 Å². The summed E-state index contributed by atoms with van der Waals surface area (Å²) in [6.45, 7) is 8.75. The average Bonchev–Trinajstić information content (AvgIpc) is 2.78. The van der Waals surface area contributed by atoms with Crippen LogP contribution in [0, 0.1) is 15.9 Å². The van der Waals surface area contributed by atoms with Crippen molar-refractivity contribution in [2.24, 2.45) is 0 Å². The number of ether oxygens (including phenoxy) is 1. The summed E-state index contributed by atoms with van der Waals surface area (Å²) >= 11 is 0. The predicted molar refractivity (Wildman–Crippen MR) is 115 cm³/mol. The van der Waals surface area contributed by atoms with E-state index in [0.29, 0.717) is 0 Å². The van der Waals surface area contributed by atoms with Gasteiger partial charge in [-0.05, 0) is 31.2 Å². The van der Waals surface area contributed by atoms with E-state index < -0.39 is 22.4 Å². The third-order valence-corrected chi connectivity index (χ3v) is 5.20. The summed E-state index contributed by atoms with van der Waals surface area (Å²) in [4.78, 5) is 31.6. The normalized spacial score (nSPS) is 14.4. The number of benzene rings is 1. The molecule has 0 aliphatic carbocycles. The summed E-state index contributed by atoms with van der Waals surface area (Å²) in [6.07, 6.45) is 1.69. The standard InChI is InChI=1S/C21H26FN5O4/c1-3-25-7-9-26(10-8-25)19-11-15(5-6-23-19)14-24-20-17(21(28)31-4-2)12-16(27(29)30)13-18(20)22/h5-6,11-13,24H,3-4,7-10,14H2,1-2H3. The molecule has 3 rings (SSSR count). The average molecular weight is 431 g/mol. The Morgan fingerprint density at radius 2 is 2.00 bits per heavy atom. The molecule has 0 unspecified atom stereocenters. The largest absolute Gasteiger partial charge is 0.462 e. The van der Waals surface area contributed by atoms with Crippen LogP contribution in [-0.2, 0) is 11.3 Å². The highest BCUT2D eigenvalue weighted by molar-refractivity contribution is 5.96. The van der Waals surface area contributed by atoms with Crippen molar-refractivity contribution in [3.05, 3.63) is 57.5 Å². The Bertz CT molecular complexity index is 947. The van der Waals surface area contributed by atoms with Crippen LogP contribution in [0.1, 0.15) is 29.8 Å². The Labute approximate surface area is 180 Å². The number of carbonyl (C=O) groups is 1. The molecule has 1 fully saturated rings. The molecule has 1 aliphatic heterocycles. The molecule has 0 amide bonds. The fourth-order valence-corrected chi connectivity index (χ4v) is 3.47. The Kier molecular flexibility index (Phi) is 7.35. The lowest BCUT2D eigenvalue weighted by Crippen LogP contribution is -2.46. The van der Waals surface area contributed by atoms with Gasteiger partial charge in [0.25, 0.3) is 5.69 Å². The molecule has 10 heteroatoms. The number of non-ortho nitro benzene ring substituents is 1. The van der Waals surface area contributed by atoms with Gasteiger partial charge in [0.15, 0.2) is 5.82 Å². The molecule has 1 aliphatic rings. The number of halogens is 1. The molecule has 1 saturated heterocycles. The lowest BCUT2D eigenvalue weighted by molar-refractivity contribution is -0.385. The van der Waals surface area contributed by atoms with Crippen LogP contribution in [0.4, 0.5) is 21.6 Å². The summed E-state index contributed by atoms with van der Waals surface area (Å²) in [5.74, 6) is -0.871. The smallest absolute Gasteiger partial charge is 0.340 e. The van der Waals surface area contributed by atoms with Crippen LogP contribution in [0.15, 0.2) is 30.5 Å². The highest BCUT2D eigenvalue weighted by Crippen LogP contribution is 2.28. The van der Waals surface area contributed by atoms with Gasteiger partial charge in [0.2, 0.25) is 0 Å². The van der Waals surface area contributed by atoms with Crippen LogP contribution < -0.4 is 10.2 Å². The highest BCUT2D eigenvalue weighted by Gasteiger charge is 2.23. The van der Waals surface area contributed by atoms with Gasteiger partial charge in [-0.1, -0.05) is 6.92 Å². The number of nitro benzene ring substituents is 1. The van der Waals surface area contributed by atoms with E-state index in [0.717, 1.165) is 56.2 Å². The molecule has 31 heavy (non-hydrogen) atoms. The maximum Gasteiger partial charge on any atom is 0.340 e. The summed E-state index contributed by atoms with van der Waals surface area (Å²) < 4.78 is 19.6. The van der Waals surface area contributed by atoms with Crippen molar-refractivity contribution in [1.29, 1.82) is 0 Å². The van der Waals surface area contributed by atoms with Crippen molar-refractivity contribution in [2.75, 3.05) is 49.5 Å². The molecule has 0 radical (unpaired) electrons. The van der Waals surface area contributed by atoms with E-state index >= 15 is 0 Å². The van der Waals surface area contributed by atoms with Crippen LogP contribution in [0.5, 0.6) is 0 Å². The van der Waals surface area contributed by atoms with Crippen molar-refractivity contribution in [2.45, 2.75) is 20.4 Å². The van der Waals surface area contributed by atoms with Gasteiger partial charge in [-0.2, -0.15) is 0 Å². The Hall–Kier alpha value is -3.27. The maximum absolute atomic E-state index is 14.6. The zero-order valence-electron chi connectivity index (χ0n) is 17.6. The van der Waals surface area contributed by atoms with E-state index in [1.54, 1.807) is 19.2 Å². The number of nitrogens with zero attached hydrogens (tertiary/aromatic N) is 4. The van der Waals surface area contributed by atoms with E-state index in [4.69, 9.17) is 4.74 Å². The molecule has 1 aromatic heterocycles. The Morgan fingerprint density at radius 1 is 1.26 bits per heavy atom. The summed E-state index contributed by atoms with van der Waals surface area (Å²) in [5.41, 5.74) is -0.00325. The fourth-order valence-electron chi connectivity index (χ4n) is 3.47. The SMILES string of the molecule is CCOC(=O)c1cc([N+](=O)[O-])cc(F)c1NCc1ccnc(N2CCN(CC)CC2)c1. The number of anilines is 2. The third kappa shape index (κ3) is 5.46. The lowest BCUT2D eigenvalue weighted by Gasteiger charge is -2.34. The number of hydrogen-bond donors (Lipinski definition) is 1. The second-order valence-corrected chi connectivity index (χ2v) is 7.12. The number of nitrogens with one attached hydrogen (secondary N) is 1. The van der Waals surface area contributed by atoms with E-state index in [9.17, 15) is 19.3 Å². The molecule has 0 bridgehead atoms. The van der Waals surface area contributed by atoms with E-state index in [2.05, 4.69) is 27.0 Å². The molecule has 9 nitrogen and oxygen atoms in total. The molecule has 1 N–H and O–H groups in total. The number of pyridine rings is 1. The van der Waals surface area contributed by atoms with Crippen LogP contribution in [0.2, 0.25) is 0 Å². The monoisotopic (exact) mass is 431 g/mol. The summed E-state index contributed by atoms with van der Waals surface area (Å²) in [6, 6.07) is 5.53. The van der Waals surface area contributed by atoms with Gasteiger partial charge in [-0.15, -0.1) is 0 Å². The van der Waals surface area contributed by atoms with Gasteiger partial charge in [0.05, 0.1) is 28.8 Å². The minimum atomic E-state index is -0.887. The minimum absolute atomic E-state index is 0.0710. The second kappa shape index (κ2) is 10.2. The van der Waals surface area contributed by atoms with Crippen molar-refractivity contribution in [3.63, 3.8) is 0 Å². The number of likely N-dealkylation sites (N-methyl/N-ethyl adjacent to an activating group) is 1. The third-order valence-electron chi connectivity index (χ3n) is 5.20. The molecule has 2 heterocycles. The first-order valence-electron chi connectivity index (χ1n) is 10.2. The molecule has 0 spiro atoms. The maximum atomic E-state index is 14.6. The Balaban J connectivity index is 1.78. The molecular weight excluding hydrogens is 405 g/mol. The second-order valence-electron chi connectivity index (χ2n) is 7.12. The van der Waals surface area contributed by atoms with Crippen LogP contribution in [0.25, 0.3) is 0 Å². The van der Waals surface area contributed by atoms with Gasteiger partial charge >= 0.3 is 5.97 Å². The van der Waals surface area contributed by atoms with Gasteiger partial charge in [0, 0.05) is 45.0 Å². The number of hydrogen-bond acceptors (Lipinski definition) is 8. The van der Waals surface area contributed by atoms with Crippen LogP contribution >= 0.6 is 0 Å². The van der Waals surface area contributed by atoms with Crippen molar-refractivity contribution < 1.29 is 18.8 Å². The van der Waals surface area contributed by atoms with Crippen LogP contribution in [-0.4, -0.2) is 60.1 Å². The molecule has 2 aromatic rings. The van der Waals surface area contributed by atoms with E-state index in [1.807, 2.05) is 6.07 Å². The minimum Gasteiger partial charge on any atom is -0.462 e. The van der Waals surface area contributed by atoms with E-state index in [1.165, 1.54) is 0 Å². The first kappa shape index (κ1) is 22.4. The van der Waals surface area contributed by atoms with Crippen molar-refractivity contribution in [1.82, 2.24) is 9.88 Å². The fraction of sp³-hybridized carbons (Fsp3) is 0.429. The van der Waals surface area contributed by atoms with Gasteiger partial charge < -0.3 is 19.9 Å². The van der Waals surface area contributed by atoms with Gasteiger partial charge in [0.1, 0.15) is 5.82 Å². The van der Waals surface area contributed by atoms with Gasteiger partial charge in [-0.3, -0.25) is 10.1 Å². The van der Waals surface area contributed by atoms with Gasteiger partial charge in [-0.25, -0.2) is 14.2 Å². The van der Waals surface area contributed by atoms with E-state index in [-0.39, 0.29) is 24.4 Å². The summed E-state index contributed by atoms with van der Waals surface area (Å²) in [5, 5.41) is 14.0. The summed E-state index contributed by atoms with van der Waals surface area (Å²) in [7, 11) is 0. The number of nitro groups is 1. The zero-order valence-corrected chi connectivity index (χ0v) is 17.6. The first-order chi connectivity index (χ1) is 14.9. The molecule has 0 atom stereocenters. The molecule has 166 valence electrons. The highest BCUT2D eigenvalue weighted by atomic mass is 19.1. The number of aromatic nitrogens is 1. The quantitative estimate of drug-likeness (QED) is 0.387. The van der Waals surface area contributed by atoms with Crippen molar-refractivity contribution in [3.8, 4) is 0 Å². The number of rotatable bonds is 8. The molecule has 0 saturated carbocycles. The predicted octanol–water partition coefficient (Wildman–Crippen LogP) is 3.06. The van der Waals surface area contributed by atoms with Crippen molar-refractivity contribution >= 4 is 23.2 Å². The lowest BCUT2D eigenvalue weighted by atomic mass is 10.1. The number of esters is 1. The Morgan fingerprint density at radius 3 is 2.65 bits per heavy atom.